The van der Waals surface area contributed by atoms with Crippen LogP contribution in [0.5, 0.6) is 0 Å². The van der Waals surface area contributed by atoms with Gasteiger partial charge in [-0.05, 0) is 17.7 Å². The molecule has 0 fully saturated rings. The van der Waals surface area contributed by atoms with Crippen LogP contribution < -0.4 is 11.1 Å². The number of nitrogens with two attached hydrogens (primary N) is 1. The molecule has 0 unspecified atom stereocenters. The predicted octanol–water partition coefficient (Wildman–Crippen LogP) is 1.39. The molecule has 0 spiro atoms. The Labute approximate surface area is 124 Å². The van der Waals surface area contributed by atoms with Gasteiger partial charge in [0.2, 0.25) is 5.91 Å². The number of benzene rings is 1. The first-order valence-corrected chi connectivity index (χ1v) is 6.37. The summed E-state index contributed by atoms with van der Waals surface area (Å²) in [5.74, 6) is -1.24. The van der Waals surface area contributed by atoms with Gasteiger partial charge in [-0.25, -0.2) is 8.78 Å². The normalized spacial score (nSPS) is 10.7. The summed E-state index contributed by atoms with van der Waals surface area (Å²) in [6.07, 6.45) is -1.60. The fraction of sp³-hybridized carbons (Fsp3) is 0.214. The molecular formula is C14H14F2N4O2. The smallest absolute Gasteiger partial charge is 0.282 e. The number of nitrogens with zero attached hydrogens (tertiary/aromatic N) is 2. The fourth-order valence-corrected chi connectivity index (χ4v) is 1.95. The number of aryl methyl sites for hydroxylation is 1. The number of aromatic nitrogens is 2. The van der Waals surface area contributed by atoms with Crippen molar-refractivity contribution in [3.63, 3.8) is 0 Å². The van der Waals surface area contributed by atoms with Gasteiger partial charge in [-0.1, -0.05) is 12.1 Å². The van der Waals surface area contributed by atoms with Crippen LogP contribution in [-0.2, 0) is 13.6 Å². The maximum absolute atomic E-state index is 12.8. The minimum Gasteiger partial charge on any atom is -0.366 e. The average molecular weight is 308 g/mol. The van der Waals surface area contributed by atoms with Crippen molar-refractivity contribution < 1.29 is 18.4 Å². The highest BCUT2D eigenvalue weighted by atomic mass is 19.3. The van der Waals surface area contributed by atoms with Crippen LogP contribution in [0.2, 0.25) is 0 Å². The number of nitrogens with one attached hydrogen (secondary N) is 1. The van der Waals surface area contributed by atoms with E-state index in [4.69, 9.17) is 5.73 Å². The number of carbonyl (C=O) groups excluding carboxylic acids is 2. The number of halogens is 2. The van der Waals surface area contributed by atoms with Crippen molar-refractivity contribution >= 4 is 11.8 Å². The van der Waals surface area contributed by atoms with Gasteiger partial charge in [0.15, 0.2) is 0 Å². The zero-order chi connectivity index (χ0) is 16.3. The monoisotopic (exact) mass is 308 g/mol. The fourth-order valence-electron chi connectivity index (χ4n) is 1.95. The van der Waals surface area contributed by atoms with Gasteiger partial charge in [0.1, 0.15) is 5.69 Å². The molecule has 0 aliphatic heterocycles. The molecular weight excluding hydrogens is 294 g/mol. The van der Waals surface area contributed by atoms with E-state index in [0.29, 0.717) is 11.1 Å². The highest BCUT2D eigenvalue weighted by molar-refractivity contribution is 5.95. The highest BCUT2D eigenvalue weighted by Crippen LogP contribution is 2.20. The van der Waals surface area contributed by atoms with Gasteiger partial charge in [0.25, 0.3) is 12.3 Å². The molecule has 1 heterocycles. The minimum absolute atomic E-state index is 0.0809. The summed E-state index contributed by atoms with van der Waals surface area (Å²) in [5.41, 5.74) is 5.36. The molecule has 0 aliphatic rings. The Morgan fingerprint density at radius 1 is 1.41 bits per heavy atom. The van der Waals surface area contributed by atoms with Gasteiger partial charge in [0, 0.05) is 25.4 Å². The summed E-state index contributed by atoms with van der Waals surface area (Å²) < 4.78 is 26.8. The van der Waals surface area contributed by atoms with Crippen LogP contribution in [0.4, 0.5) is 8.78 Å². The van der Waals surface area contributed by atoms with Crippen LogP contribution in [-0.4, -0.2) is 21.6 Å². The second kappa shape index (κ2) is 6.33. The van der Waals surface area contributed by atoms with Gasteiger partial charge in [-0.15, -0.1) is 0 Å². The van der Waals surface area contributed by atoms with Crippen LogP contribution in [0, 0.1) is 0 Å². The topological polar surface area (TPSA) is 90.0 Å². The quantitative estimate of drug-likeness (QED) is 0.874. The largest absolute Gasteiger partial charge is 0.366 e. The lowest BCUT2D eigenvalue weighted by Crippen LogP contribution is -2.24. The molecule has 2 aromatic rings. The Morgan fingerprint density at radius 3 is 2.77 bits per heavy atom. The van der Waals surface area contributed by atoms with Crippen molar-refractivity contribution in [3.8, 4) is 0 Å². The molecule has 0 bridgehead atoms. The van der Waals surface area contributed by atoms with E-state index >= 15 is 0 Å². The maximum atomic E-state index is 12.8. The van der Waals surface area contributed by atoms with E-state index in [2.05, 4.69) is 10.4 Å². The van der Waals surface area contributed by atoms with Gasteiger partial charge in [-0.2, -0.15) is 5.10 Å². The standard InChI is InChI=1S/C14H14F2N4O2/c1-20-7-10(11(19-20)12(15)16)14(22)18-6-8-3-2-4-9(5-8)13(17)21/h2-5,7,12H,6H2,1H3,(H2,17,21)(H,18,22). The predicted molar refractivity (Wildman–Crippen MR) is 74.3 cm³/mol. The van der Waals surface area contributed by atoms with Gasteiger partial charge < -0.3 is 11.1 Å². The number of hydrogen-bond donors (Lipinski definition) is 2. The third-order valence-corrected chi connectivity index (χ3v) is 2.97. The first kappa shape index (κ1) is 15.6. The Bertz CT molecular complexity index is 713. The van der Waals surface area contributed by atoms with E-state index in [1.54, 1.807) is 18.2 Å². The lowest BCUT2D eigenvalue weighted by atomic mass is 10.1. The van der Waals surface area contributed by atoms with E-state index < -0.39 is 23.9 Å². The van der Waals surface area contributed by atoms with Crippen molar-refractivity contribution in [1.29, 1.82) is 0 Å². The molecule has 2 rings (SSSR count). The van der Waals surface area contributed by atoms with E-state index in [1.807, 2.05) is 0 Å². The van der Waals surface area contributed by atoms with Gasteiger partial charge in [-0.3, -0.25) is 14.3 Å². The van der Waals surface area contributed by atoms with Crippen molar-refractivity contribution in [3.05, 3.63) is 52.8 Å². The third kappa shape index (κ3) is 3.46. The number of carbonyl (C=O) groups is 2. The molecule has 0 aliphatic carbocycles. The number of amides is 2. The molecule has 0 radical (unpaired) electrons. The zero-order valence-corrected chi connectivity index (χ0v) is 11.7. The summed E-state index contributed by atoms with van der Waals surface area (Å²) in [6, 6.07) is 6.38. The number of hydrogen-bond acceptors (Lipinski definition) is 3. The van der Waals surface area contributed by atoms with Crippen molar-refractivity contribution in [2.24, 2.45) is 12.8 Å². The molecule has 2 amide bonds. The molecule has 1 aromatic carbocycles. The van der Waals surface area contributed by atoms with E-state index in [1.165, 1.54) is 19.3 Å². The Kier molecular flexibility index (Phi) is 4.50. The first-order valence-electron chi connectivity index (χ1n) is 6.37. The molecule has 0 atom stereocenters. The first-order chi connectivity index (χ1) is 10.4. The van der Waals surface area contributed by atoms with Gasteiger partial charge >= 0.3 is 0 Å². The summed E-state index contributed by atoms with van der Waals surface area (Å²) in [5, 5.41) is 6.08. The molecule has 1 aromatic heterocycles. The molecule has 8 heteroatoms. The Balaban J connectivity index is 2.10. The highest BCUT2D eigenvalue weighted by Gasteiger charge is 2.22. The van der Waals surface area contributed by atoms with Crippen LogP contribution >= 0.6 is 0 Å². The van der Waals surface area contributed by atoms with Crippen LogP contribution in [0.15, 0.2) is 30.5 Å². The summed E-state index contributed by atoms with van der Waals surface area (Å²) >= 11 is 0. The van der Waals surface area contributed by atoms with Crippen molar-refractivity contribution in [2.45, 2.75) is 13.0 Å². The van der Waals surface area contributed by atoms with Crippen LogP contribution in [0.3, 0.4) is 0 Å². The average Bonchev–Trinajstić information content (AvgIpc) is 2.87. The molecule has 0 saturated carbocycles. The van der Waals surface area contributed by atoms with Crippen molar-refractivity contribution in [1.82, 2.24) is 15.1 Å². The third-order valence-electron chi connectivity index (χ3n) is 2.97. The molecule has 22 heavy (non-hydrogen) atoms. The summed E-state index contributed by atoms with van der Waals surface area (Å²) in [6.45, 7) is 0.0809. The number of rotatable bonds is 5. The molecule has 6 nitrogen and oxygen atoms in total. The summed E-state index contributed by atoms with van der Waals surface area (Å²) in [7, 11) is 1.46. The lowest BCUT2D eigenvalue weighted by molar-refractivity contribution is 0.0936. The Hall–Kier alpha value is -2.77. The summed E-state index contributed by atoms with van der Waals surface area (Å²) in [4.78, 5) is 23.1. The van der Waals surface area contributed by atoms with Crippen molar-refractivity contribution in [2.75, 3.05) is 0 Å². The van der Waals surface area contributed by atoms with E-state index in [9.17, 15) is 18.4 Å². The lowest BCUT2D eigenvalue weighted by Gasteiger charge is -2.06. The molecule has 0 saturated heterocycles. The van der Waals surface area contributed by atoms with Gasteiger partial charge in [0.05, 0.1) is 5.56 Å². The van der Waals surface area contributed by atoms with E-state index in [0.717, 1.165) is 4.68 Å². The van der Waals surface area contributed by atoms with Crippen LogP contribution in [0.1, 0.15) is 38.4 Å². The Morgan fingerprint density at radius 2 is 2.14 bits per heavy atom. The molecule has 3 N–H and O–H groups in total. The molecule has 116 valence electrons. The number of alkyl halides is 2. The second-order valence-corrected chi connectivity index (χ2v) is 4.65. The van der Waals surface area contributed by atoms with Crippen LogP contribution in [0.25, 0.3) is 0 Å². The minimum atomic E-state index is -2.83. The number of primary amides is 1. The van der Waals surface area contributed by atoms with E-state index in [-0.39, 0.29) is 12.1 Å². The second-order valence-electron chi connectivity index (χ2n) is 4.65. The maximum Gasteiger partial charge on any atom is 0.282 e. The zero-order valence-electron chi connectivity index (χ0n) is 11.7. The SMILES string of the molecule is Cn1cc(C(=O)NCc2cccc(C(N)=O)c2)c(C(F)F)n1.